The first-order chi connectivity index (χ1) is 13.9. The van der Waals surface area contributed by atoms with Gasteiger partial charge in [0.2, 0.25) is 0 Å². The van der Waals surface area contributed by atoms with Gasteiger partial charge in [0.25, 0.3) is 0 Å². The topological polar surface area (TPSA) is 27.1 Å². The summed E-state index contributed by atoms with van der Waals surface area (Å²) < 4.78 is 8.30. The molecule has 0 spiro atoms. The van der Waals surface area contributed by atoms with Gasteiger partial charge in [0.1, 0.15) is 5.75 Å². The van der Waals surface area contributed by atoms with E-state index in [0.29, 0.717) is 25.8 Å². The summed E-state index contributed by atoms with van der Waals surface area (Å²) in [6, 6.07) is 11.1. The van der Waals surface area contributed by atoms with E-state index in [-0.39, 0.29) is 23.9 Å². The normalized spacial score (nSPS) is 21.1. The fourth-order valence-corrected chi connectivity index (χ4v) is 5.24. The molecule has 0 bridgehead atoms. The molecule has 1 saturated carbocycles. The number of nitrogens with zero attached hydrogens (tertiary/aromatic N) is 2. The Morgan fingerprint density at radius 2 is 1.63 bits per heavy atom. The van der Waals surface area contributed by atoms with Crippen LogP contribution < -0.4 is 4.74 Å². The standard InChI is InChI=1S/C22H20Cl4N2O.ClH/c23-15-1-3-18(19(25)11-15)22(13-28-10-9-27-14-28)7-5-17(6-8-22)29-21-4-2-16(24)12-20(21)26;/h1-4,9-12,14,17H,5-8,13H2;1H. The second-order valence-corrected chi connectivity index (χ2v) is 9.22. The van der Waals surface area contributed by atoms with Gasteiger partial charge in [0.05, 0.1) is 17.5 Å². The van der Waals surface area contributed by atoms with E-state index in [0.717, 1.165) is 37.8 Å². The Morgan fingerprint density at radius 3 is 2.23 bits per heavy atom. The van der Waals surface area contributed by atoms with Gasteiger partial charge in [-0.25, -0.2) is 4.98 Å². The highest BCUT2D eigenvalue weighted by molar-refractivity contribution is 6.35. The first kappa shape index (κ1) is 23.6. The molecule has 160 valence electrons. The monoisotopic (exact) mass is 504 g/mol. The highest BCUT2D eigenvalue weighted by atomic mass is 35.5. The van der Waals surface area contributed by atoms with Crippen molar-refractivity contribution in [3.05, 3.63) is 80.8 Å². The van der Waals surface area contributed by atoms with Gasteiger partial charge in [0, 0.05) is 39.4 Å². The third-order valence-electron chi connectivity index (χ3n) is 5.62. The number of halogens is 5. The van der Waals surface area contributed by atoms with E-state index in [1.165, 1.54) is 0 Å². The average molecular weight is 507 g/mol. The van der Waals surface area contributed by atoms with Gasteiger partial charge >= 0.3 is 0 Å². The Morgan fingerprint density at radius 1 is 0.967 bits per heavy atom. The van der Waals surface area contributed by atoms with Crippen LogP contribution in [0.25, 0.3) is 0 Å². The van der Waals surface area contributed by atoms with Crippen LogP contribution in [0.15, 0.2) is 55.1 Å². The van der Waals surface area contributed by atoms with Crippen molar-refractivity contribution in [3.63, 3.8) is 0 Å². The van der Waals surface area contributed by atoms with Crippen LogP contribution in [0.2, 0.25) is 20.1 Å². The number of ether oxygens (including phenoxy) is 1. The molecule has 0 saturated heterocycles. The number of rotatable bonds is 5. The Balaban J connectivity index is 0.00000256. The van der Waals surface area contributed by atoms with Crippen molar-refractivity contribution in [2.75, 3.05) is 0 Å². The van der Waals surface area contributed by atoms with Crippen LogP contribution in [0, 0.1) is 0 Å². The van der Waals surface area contributed by atoms with Crippen LogP contribution in [0.5, 0.6) is 5.75 Å². The number of imidazole rings is 1. The largest absolute Gasteiger partial charge is 0.489 e. The molecule has 30 heavy (non-hydrogen) atoms. The van der Waals surface area contributed by atoms with Gasteiger partial charge in [-0.2, -0.15) is 0 Å². The van der Waals surface area contributed by atoms with Gasteiger partial charge in [0.15, 0.2) is 0 Å². The predicted octanol–water partition coefficient (Wildman–Crippen LogP) is 7.88. The molecule has 1 heterocycles. The number of aromatic nitrogens is 2. The molecule has 0 atom stereocenters. The Kier molecular flexibility index (Phi) is 7.86. The Labute approximate surface area is 202 Å². The van der Waals surface area contributed by atoms with Crippen LogP contribution in [0.1, 0.15) is 31.2 Å². The molecule has 0 aliphatic heterocycles. The minimum Gasteiger partial charge on any atom is -0.489 e. The zero-order valence-electron chi connectivity index (χ0n) is 16.0. The molecule has 2 aromatic carbocycles. The molecular weight excluding hydrogens is 486 g/mol. The van der Waals surface area contributed by atoms with E-state index < -0.39 is 0 Å². The Bertz CT molecular complexity index is 985. The molecule has 1 fully saturated rings. The maximum absolute atomic E-state index is 6.62. The van der Waals surface area contributed by atoms with Crippen LogP contribution in [0.3, 0.4) is 0 Å². The summed E-state index contributed by atoms with van der Waals surface area (Å²) in [6.07, 6.45) is 9.39. The smallest absolute Gasteiger partial charge is 0.138 e. The van der Waals surface area contributed by atoms with Crippen LogP contribution in [-0.4, -0.2) is 15.7 Å². The molecule has 0 amide bonds. The summed E-state index contributed by atoms with van der Waals surface area (Å²) in [5, 5.41) is 2.49. The average Bonchev–Trinajstić information content (AvgIpc) is 3.18. The van der Waals surface area contributed by atoms with Gasteiger partial charge in [-0.1, -0.05) is 52.5 Å². The zero-order valence-corrected chi connectivity index (χ0v) is 19.9. The van der Waals surface area contributed by atoms with Gasteiger partial charge in [-0.05, 0) is 61.6 Å². The fourth-order valence-electron chi connectivity index (χ4n) is 4.17. The van der Waals surface area contributed by atoms with E-state index in [1.807, 2.05) is 30.7 Å². The third kappa shape index (κ3) is 5.20. The molecule has 1 aliphatic rings. The van der Waals surface area contributed by atoms with E-state index in [4.69, 9.17) is 51.1 Å². The predicted molar refractivity (Wildman–Crippen MR) is 127 cm³/mol. The number of hydrogen-bond acceptors (Lipinski definition) is 2. The minimum absolute atomic E-state index is 0. The third-order valence-corrected chi connectivity index (χ3v) is 6.70. The lowest BCUT2D eigenvalue weighted by Gasteiger charge is -2.41. The Hall–Kier alpha value is -1.10. The number of benzene rings is 2. The first-order valence-electron chi connectivity index (χ1n) is 9.48. The highest BCUT2D eigenvalue weighted by Gasteiger charge is 2.39. The summed E-state index contributed by atoms with van der Waals surface area (Å²) >= 11 is 25.0. The van der Waals surface area contributed by atoms with Crippen molar-refractivity contribution in [1.82, 2.24) is 9.55 Å². The lowest BCUT2D eigenvalue weighted by Crippen LogP contribution is -2.39. The number of hydrogen-bond donors (Lipinski definition) is 0. The molecule has 4 rings (SSSR count). The quantitative estimate of drug-likeness (QED) is 0.352. The lowest BCUT2D eigenvalue weighted by atomic mass is 9.68. The van der Waals surface area contributed by atoms with Gasteiger partial charge < -0.3 is 9.30 Å². The molecule has 3 nitrogen and oxygen atoms in total. The van der Waals surface area contributed by atoms with Crippen LogP contribution >= 0.6 is 58.8 Å². The molecular formula is C22H21Cl5N2O. The maximum atomic E-state index is 6.62. The molecule has 1 aromatic heterocycles. The fraction of sp³-hybridized carbons (Fsp3) is 0.318. The molecule has 8 heteroatoms. The SMILES string of the molecule is Cl.Clc1ccc(OC2CCC(Cn3ccnc3)(c3ccc(Cl)cc3Cl)CC2)c(Cl)c1. The van der Waals surface area contributed by atoms with E-state index in [1.54, 1.807) is 18.3 Å². The molecule has 0 N–H and O–H groups in total. The summed E-state index contributed by atoms with van der Waals surface area (Å²) in [5.74, 6) is 0.674. The lowest BCUT2D eigenvalue weighted by molar-refractivity contribution is 0.108. The molecule has 0 unspecified atom stereocenters. The van der Waals surface area contributed by atoms with E-state index in [9.17, 15) is 0 Å². The highest BCUT2D eigenvalue weighted by Crippen LogP contribution is 2.45. The van der Waals surface area contributed by atoms with Gasteiger partial charge in [-0.3, -0.25) is 0 Å². The molecule has 1 aliphatic carbocycles. The van der Waals surface area contributed by atoms with Crippen molar-refractivity contribution < 1.29 is 4.74 Å². The second-order valence-electron chi connectivity index (χ2n) is 7.53. The summed E-state index contributed by atoms with van der Waals surface area (Å²) in [7, 11) is 0. The minimum atomic E-state index is -0.105. The second kappa shape index (κ2) is 10.0. The van der Waals surface area contributed by atoms with E-state index in [2.05, 4.69) is 15.6 Å². The van der Waals surface area contributed by atoms with Crippen LogP contribution in [0.4, 0.5) is 0 Å². The molecule has 0 radical (unpaired) electrons. The maximum Gasteiger partial charge on any atom is 0.138 e. The summed E-state index contributed by atoms with van der Waals surface area (Å²) in [5.41, 5.74) is 1.02. The first-order valence-corrected chi connectivity index (χ1v) is 11.0. The van der Waals surface area contributed by atoms with E-state index >= 15 is 0 Å². The zero-order chi connectivity index (χ0) is 20.4. The molecule has 3 aromatic rings. The summed E-state index contributed by atoms with van der Waals surface area (Å²) in [4.78, 5) is 4.20. The van der Waals surface area contributed by atoms with Crippen LogP contribution in [-0.2, 0) is 12.0 Å². The van der Waals surface area contributed by atoms with Crippen molar-refractivity contribution in [1.29, 1.82) is 0 Å². The van der Waals surface area contributed by atoms with Crippen molar-refractivity contribution in [2.24, 2.45) is 0 Å². The van der Waals surface area contributed by atoms with Crippen molar-refractivity contribution >= 4 is 58.8 Å². The summed E-state index contributed by atoms with van der Waals surface area (Å²) in [6.45, 7) is 0.808. The van der Waals surface area contributed by atoms with Gasteiger partial charge in [-0.15, -0.1) is 12.4 Å². The van der Waals surface area contributed by atoms with Crippen molar-refractivity contribution in [2.45, 2.75) is 43.7 Å². The van der Waals surface area contributed by atoms with Crippen molar-refractivity contribution in [3.8, 4) is 5.75 Å².